The number of thiazole rings is 1. The third-order valence-electron chi connectivity index (χ3n) is 4.09. The maximum atomic E-state index is 12.5. The van der Waals surface area contributed by atoms with Gasteiger partial charge in [-0.1, -0.05) is 30.3 Å². The van der Waals surface area contributed by atoms with E-state index < -0.39 is 6.36 Å². The number of hydrogen-bond donors (Lipinski definition) is 1. The largest absolute Gasteiger partial charge is 0.573 e. The summed E-state index contributed by atoms with van der Waals surface area (Å²) >= 11 is 1.40. The number of nitrogens with one attached hydrogen (secondary N) is 1. The highest BCUT2D eigenvalue weighted by Gasteiger charge is 2.31. The minimum atomic E-state index is -4.74. The van der Waals surface area contributed by atoms with E-state index in [2.05, 4.69) is 20.0 Å². The summed E-state index contributed by atoms with van der Waals surface area (Å²) in [7, 11) is 0. The first-order valence-electron chi connectivity index (χ1n) is 8.95. The second kappa shape index (κ2) is 8.68. The van der Waals surface area contributed by atoms with Gasteiger partial charge in [0.1, 0.15) is 23.3 Å². The molecule has 0 saturated carbocycles. The van der Waals surface area contributed by atoms with Crippen LogP contribution in [0.15, 0.2) is 66.9 Å². The molecule has 5 nitrogen and oxygen atoms in total. The first-order valence-corrected chi connectivity index (χ1v) is 9.77. The summed E-state index contributed by atoms with van der Waals surface area (Å²) in [6, 6.07) is 17.1. The topological polar surface area (TPSA) is 56.3 Å². The molecule has 1 N–H and O–H groups in total. The van der Waals surface area contributed by atoms with Crippen LogP contribution in [0, 0.1) is 0 Å². The molecule has 0 bridgehead atoms. The Morgan fingerprint density at radius 1 is 1.00 bits per heavy atom. The fraction of sp³-hybridized carbons (Fsp3) is 0.143. The average molecular weight is 431 g/mol. The van der Waals surface area contributed by atoms with Gasteiger partial charge in [0, 0.05) is 17.3 Å². The lowest BCUT2D eigenvalue weighted by Crippen LogP contribution is -2.17. The van der Waals surface area contributed by atoms with Crippen LogP contribution in [0.2, 0.25) is 0 Å². The molecular weight excluding hydrogens is 415 g/mol. The fourth-order valence-corrected chi connectivity index (χ4v) is 3.84. The molecule has 0 aliphatic rings. The molecular formula is C21H16F3N3O2S. The van der Waals surface area contributed by atoms with Crippen LogP contribution in [0.1, 0.15) is 5.56 Å². The van der Waals surface area contributed by atoms with Crippen LogP contribution in [-0.4, -0.2) is 23.1 Å². The van der Waals surface area contributed by atoms with Crippen molar-refractivity contribution in [3.8, 4) is 16.3 Å². The molecule has 0 radical (unpaired) electrons. The van der Waals surface area contributed by atoms with E-state index in [0.29, 0.717) is 23.0 Å². The van der Waals surface area contributed by atoms with Crippen LogP contribution in [-0.2, 0) is 11.3 Å². The molecule has 2 aromatic carbocycles. The summed E-state index contributed by atoms with van der Waals surface area (Å²) < 4.78 is 48.1. The molecule has 0 amide bonds. The quantitative estimate of drug-likeness (QED) is 0.294. The number of ether oxygens (including phenoxy) is 2. The van der Waals surface area contributed by atoms with Crippen molar-refractivity contribution in [1.29, 1.82) is 0 Å². The second-order valence-electron chi connectivity index (χ2n) is 6.24. The summed E-state index contributed by atoms with van der Waals surface area (Å²) in [5.74, 6) is 0.441. The van der Waals surface area contributed by atoms with Crippen LogP contribution in [0.25, 0.3) is 20.8 Å². The van der Waals surface area contributed by atoms with Crippen LogP contribution in [0.4, 0.5) is 19.0 Å². The Hall–Kier alpha value is -3.17. The summed E-state index contributed by atoms with van der Waals surface area (Å²) in [6.45, 7) is 0.610. The van der Waals surface area contributed by atoms with Gasteiger partial charge in [-0.2, -0.15) is 0 Å². The van der Waals surface area contributed by atoms with E-state index in [0.717, 1.165) is 15.8 Å². The lowest BCUT2D eigenvalue weighted by atomic mass is 10.2. The first kappa shape index (κ1) is 20.1. The number of hydrogen-bond acceptors (Lipinski definition) is 6. The lowest BCUT2D eigenvalue weighted by Gasteiger charge is -2.09. The zero-order valence-corrected chi connectivity index (χ0v) is 16.3. The third-order valence-corrected chi connectivity index (χ3v) is 5.16. The van der Waals surface area contributed by atoms with Crippen molar-refractivity contribution in [3.05, 3.63) is 72.4 Å². The van der Waals surface area contributed by atoms with Crippen LogP contribution >= 0.6 is 11.3 Å². The molecule has 30 heavy (non-hydrogen) atoms. The maximum absolute atomic E-state index is 12.5. The van der Waals surface area contributed by atoms with Gasteiger partial charge in [-0.25, -0.2) is 9.97 Å². The van der Waals surface area contributed by atoms with Crippen molar-refractivity contribution in [3.63, 3.8) is 0 Å². The van der Waals surface area contributed by atoms with E-state index in [1.807, 2.05) is 36.4 Å². The molecule has 2 heterocycles. The molecule has 0 fully saturated rings. The fourth-order valence-electron chi connectivity index (χ4n) is 2.83. The highest BCUT2D eigenvalue weighted by molar-refractivity contribution is 7.21. The normalized spacial score (nSPS) is 11.6. The van der Waals surface area contributed by atoms with E-state index in [4.69, 9.17) is 4.74 Å². The summed E-state index contributed by atoms with van der Waals surface area (Å²) in [4.78, 5) is 8.78. The molecule has 0 unspecified atom stereocenters. The Labute approximate surface area is 174 Å². The van der Waals surface area contributed by atoms with Gasteiger partial charge in [0.25, 0.3) is 0 Å². The number of benzene rings is 2. The molecule has 9 heteroatoms. The number of rotatable bonds is 7. The Bertz CT molecular complexity index is 1130. The number of para-hydroxylation sites is 1. The molecule has 0 spiro atoms. The van der Waals surface area contributed by atoms with Crippen LogP contribution in [0.5, 0.6) is 5.75 Å². The smallest absolute Gasteiger partial charge is 0.406 e. The lowest BCUT2D eigenvalue weighted by molar-refractivity contribution is -0.274. The Morgan fingerprint density at radius 3 is 2.67 bits per heavy atom. The summed E-state index contributed by atoms with van der Waals surface area (Å²) in [5.41, 5.74) is 2.21. The molecule has 2 aromatic heterocycles. The van der Waals surface area contributed by atoms with E-state index in [1.165, 1.54) is 29.5 Å². The first-order chi connectivity index (χ1) is 14.5. The Kier molecular flexibility index (Phi) is 5.82. The molecule has 154 valence electrons. The third kappa shape index (κ3) is 5.05. The molecule has 0 aliphatic heterocycles. The van der Waals surface area contributed by atoms with Gasteiger partial charge in [-0.05, 0) is 30.3 Å². The number of nitrogens with zero attached hydrogens (tertiary/aromatic N) is 2. The van der Waals surface area contributed by atoms with Crippen LogP contribution < -0.4 is 10.1 Å². The van der Waals surface area contributed by atoms with Gasteiger partial charge < -0.3 is 14.8 Å². The van der Waals surface area contributed by atoms with Crippen molar-refractivity contribution in [2.75, 3.05) is 12.0 Å². The van der Waals surface area contributed by atoms with Gasteiger partial charge in [-0.3, -0.25) is 0 Å². The van der Waals surface area contributed by atoms with E-state index in [1.54, 1.807) is 12.3 Å². The number of fused-ring (bicyclic) bond motifs is 1. The number of alkyl halides is 3. The Morgan fingerprint density at radius 2 is 1.87 bits per heavy atom. The molecule has 4 aromatic rings. The maximum Gasteiger partial charge on any atom is 0.573 e. The van der Waals surface area contributed by atoms with Gasteiger partial charge in [0.2, 0.25) is 0 Å². The van der Waals surface area contributed by atoms with Crippen molar-refractivity contribution in [2.24, 2.45) is 0 Å². The Balaban J connectivity index is 1.49. The van der Waals surface area contributed by atoms with Gasteiger partial charge in [-0.15, -0.1) is 24.5 Å². The predicted octanol–water partition coefficient (Wildman–Crippen LogP) is 5.84. The predicted molar refractivity (Wildman–Crippen MR) is 109 cm³/mol. The highest BCUT2D eigenvalue weighted by Crippen LogP contribution is 2.34. The number of anilines is 1. The molecule has 4 rings (SSSR count). The highest BCUT2D eigenvalue weighted by atomic mass is 32.1. The van der Waals surface area contributed by atoms with Crippen molar-refractivity contribution in [2.45, 2.75) is 13.0 Å². The summed E-state index contributed by atoms with van der Waals surface area (Å²) in [5, 5.41) is 3.67. The zero-order valence-electron chi connectivity index (χ0n) is 15.5. The van der Waals surface area contributed by atoms with Gasteiger partial charge >= 0.3 is 6.36 Å². The van der Waals surface area contributed by atoms with Crippen molar-refractivity contribution >= 4 is 27.4 Å². The van der Waals surface area contributed by atoms with E-state index in [9.17, 15) is 13.2 Å². The van der Waals surface area contributed by atoms with Crippen molar-refractivity contribution < 1.29 is 22.6 Å². The van der Waals surface area contributed by atoms with E-state index >= 15 is 0 Å². The van der Waals surface area contributed by atoms with Gasteiger partial charge in [0.15, 0.2) is 0 Å². The number of pyridine rings is 1. The minimum absolute atomic E-state index is 0.275. The zero-order chi connectivity index (χ0) is 21.0. The summed E-state index contributed by atoms with van der Waals surface area (Å²) in [6.07, 6.45) is -3.05. The SMILES string of the molecule is FC(F)(F)Oc1cccc(-c2nc3c(COCNc4ccccn4)cccc3s2)c1. The molecule has 0 saturated heterocycles. The second-order valence-corrected chi connectivity index (χ2v) is 7.27. The standard InChI is InChI=1S/C21H16F3N3O2S/c22-21(23,24)29-16-7-3-5-14(11-16)20-27-19-15(6-4-8-17(19)30-20)12-28-13-26-18-9-1-2-10-25-18/h1-11H,12-13H2,(H,25,26). The molecule has 0 atom stereocenters. The average Bonchev–Trinajstić information content (AvgIpc) is 3.16. The van der Waals surface area contributed by atoms with Crippen LogP contribution in [0.3, 0.4) is 0 Å². The van der Waals surface area contributed by atoms with Gasteiger partial charge in [0.05, 0.1) is 16.8 Å². The van der Waals surface area contributed by atoms with E-state index in [-0.39, 0.29) is 12.5 Å². The monoisotopic (exact) mass is 431 g/mol. The number of aromatic nitrogens is 2. The minimum Gasteiger partial charge on any atom is -0.406 e. The van der Waals surface area contributed by atoms with Crippen molar-refractivity contribution in [1.82, 2.24) is 9.97 Å². The molecule has 0 aliphatic carbocycles. The number of halogens is 3.